The van der Waals surface area contributed by atoms with Gasteiger partial charge in [-0.2, -0.15) is 0 Å². The lowest BCUT2D eigenvalue weighted by molar-refractivity contribution is 0.0900. The molecule has 0 saturated carbocycles. The molecular formula is C19H24N4O2. The Morgan fingerprint density at radius 1 is 1.24 bits per heavy atom. The summed E-state index contributed by atoms with van der Waals surface area (Å²) >= 11 is 0. The minimum absolute atomic E-state index is 0.185. The van der Waals surface area contributed by atoms with Crippen molar-refractivity contribution < 1.29 is 9.21 Å². The zero-order valence-electron chi connectivity index (χ0n) is 15.1. The summed E-state index contributed by atoms with van der Waals surface area (Å²) in [6.45, 7) is 8.46. The molecule has 0 aliphatic rings. The van der Waals surface area contributed by atoms with E-state index in [1.54, 1.807) is 18.3 Å². The molecule has 0 aliphatic carbocycles. The molecule has 3 heterocycles. The number of nitrogens with zero attached hydrogens (tertiary/aromatic N) is 3. The summed E-state index contributed by atoms with van der Waals surface area (Å²) in [6, 6.07) is 7.17. The lowest BCUT2D eigenvalue weighted by Gasteiger charge is -2.22. The van der Waals surface area contributed by atoms with Crippen molar-refractivity contribution in [3.05, 3.63) is 48.3 Å². The summed E-state index contributed by atoms with van der Waals surface area (Å²) < 4.78 is 7.32. The molecule has 3 aromatic rings. The SMILES string of the molecule is CC(C)CC(NC(=O)c1ccco1)c1nc2cccnc2n1C(C)C. The number of nitrogens with one attached hydrogen (secondary N) is 1. The molecule has 0 radical (unpaired) electrons. The number of aromatic nitrogens is 3. The highest BCUT2D eigenvalue weighted by molar-refractivity contribution is 5.91. The number of amides is 1. The van der Waals surface area contributed by atoms with Gasteiger partial charge >= 0.3 is 0 Å². The van der Waals surface area contributed by atoms with Gasteiger partial charge in [-0.1, -0.05) is 13.8 Å². The second kappa shape index (κ2) is 7.09. The van der Waals surface area contributed by atoms with Gasteiger partial charge in [-0.05, 0) is 50.5 Å². The highest BCUT2D eigenvalue weighted by Gasteiger charge is 2.25. The minimum atomic E-state index is -0.231. The van der Waals surface area contributed by atoms with E-state index < -0.39 is 0 Å². The van der Waals surface area contributed by atoms with Crippen LogP contribution in [0.3, 0.4) is 0 Å². The molecule has 0 saturated heterocycles. The molecule has 0 spiro atoms. The fourth-order valence-electron chi connectivity index (χ4n) is 3.04. The number of imidazole rings is 1. The molecule has 6 heteroatoms. The van der Waals surface area contributed by atoms with Gasteiger partial charge in [0.05, 0.1) is 12.3 Å². The molecule has 1 unspecified atom stereocenters. The minimum Gasteiger partial charge on any atom is -0.459 e. The maximum Gasteiger partial charge on any atom is 0.287 e. The van der Waals surface area contributed by atoms with Crippen LogP contribution in [0, 0.1) is 5.92 Å². The van der Waals surface area contributed by atoms with Gasteiger partial charge in [0.2, 0.25) is 0 Å². The molecule has 6 nitrogen and oxygen atoms in total. The Bertz CT molecular complexity index is 850. The van der Waals surface area contributed by atoms with Gasteiger partial charge in [0.25, 0.3) is 5.91 Å². The fraction of sp³-hybridized carbons (Fsp3) is 0.421. The largest absolute Gasteiger partial charge is 0.459 e. The van der Waals surface area contributed by atoms with Crippen molar-refractivity contribution in [1.82, 2.24) is 19.9 Å². The van der Waals surface area contributed by atoms with Crippen LogP contribution >= 0.6 is 0 Å². The van der Waals surface area contributed by atoms with E-state index in [0.717, 1.165) is 23.4 Å². The number of fused-ring (bicyclic) bond motifs is 1. The highest BCUT2D eigenvalue weighted by atomic mass is 16.3. The van der Waals surface area contributed by atoms with Crippen molar-refractivity contribution in [3.63, 3.8) is 0 Å². The summed E-state index contributed by atoms with van der Waals surface area (Å²) in [5, 5.41) is 3.08. The molecule has 3 aromatic heterocycles. The van der Waals surface area contributed by atoms with Crippen molar-refractivity contribution in [3.8, 4) is 0 Å². The monoisotopic (exact) mass is 340 g/mol. The summed E-state index contributed by atoms with van der Waals surface area (Å²) in [6.07, 6.45) is 4.05. The van der Waals surface area contributed by atoms with Crippen molar-refractivity contribution in [2.75, 3.05) is 0 Å². The number of carbonyl (C=O) groups is 1. The van der Waals surface area contributed by atoms with Crippen LogP contribution in [0.4, 0.5) is 0 Å². The van der Waals surface area contributed by atoms with Crippen LogP contribution in [0.1, 0.15) is 62.6 Å². The van der Waals surface area contributed by atoms with E-state index in [2.05, 4.69) is 42.6 Å². The van der Waals surface area contributed by atoms with Gasteiger partial charge in [-0.25, -0.2) is 9.97 Å². The quantitative estimate of drug-likeness (QED) is 0.732. The highest BCUT2D eigenvalue weighted by Crippen LogP contribution is 2.27. The summed E-state index contributed by atoms with van der Waals surface area (Å²) in [7, 11) is 0. The van der Waals surface area contributed by atoms with E-state index in [1.165, 1.54) is 6.26 Å². The average molecular weight is 340 g/mol. The Kier molecular flexibility index (Phi) is 4.88. The number of hydrogen-bond donors (Lipinski definition) is 1. The van der Waals surface area contributed by atoms with Crippen LogP contribution < -0.4 is 5.32 Å². The Hall–Kier alpha value is -2.63. The summed E-state index contributed by atoms with van der Waals surface area (Å²) in [4.78, 5) is 21.8. The second-order valence-electron chi connectivity index (χ2n) is 6.91. The van der Waals surface area contributed by atoms with E-state index >= 15 is 0 Å². The van der Waals surface area contributed by atoms with Crippen molar-refractivity contribution in [2.24, 2.45) is 5.92 Å². The predicted molar refractivity (Wildman–Crippen MR) is 96.3 cm³/mol. The zero-order chi connectivity index (χ0) is 18.0. The zero-order valence-corrected chi connectivity index (χ0v) is 15.1. The molecule has 0 fully saturated rings. The van der Waals surface area contributed by atoms with Crippen LogP contribution in [0.15, 0.2) is 41.1 Å². The summed E-state index contributed by atoms with van der Waals surface area (Å²) in [5.41, 5.74) is 1.68. The third kappa shape index (κ3) is 3.57. The van der Waals surface area contributed by atoms with Crippen molar-refractivity contribution in [1.29, 1.82) is 0 Å². The maximum absolute atomic E-state index is 12.5. The van der Waals surface area contributed by atoms with E-state index in [0.29, 0.717) is 11.7 Å². The smallest absolute Gasteiger partial charge is 0.287 e. The average Bonchev–Trinajstić information content (AvgIpc) is 3.21. The lowest BCUT2D eigenvalue weighted by Crippen LogP contribution is -2.31. The number of rotatable bonds is 6. The fourth-order valence-corrected chi connectivity index (χ4v) is 3.04. The Morgan fingerprint density at radius 2 is 2.04 bits per heavy atom. The molecule has 25 heavy (non-hydrogen) atoms. The van der Waals surface area contributed by atoms with E-state index in [4.69, 9.17) is 9.40 Å². The van der Waals surface area contributed by atoms with Gasteiger partial charge in [0, 0.05) is 12.2 Å². The molecule has 0 bridgehead atoms. The second-order valence-corrected chi connectivity index (χ2v) is 6.91. The first kappa shape index (κ1) is 17.2. The third-order valence-corrected chi connectivity index (χ3v) is 4.06. The van der Waals surface area contributed by atoms with Gasteiger partial charge in [0.1, 0.15) is 11.3 Å². The Morgan fingerprint density at radius 3 is 2.68 bits per heavy atom. The number of hydrogen-bond acceptors (Lipinski definition) is 4. The third-order valence-electron chi connectivity index (χ3n) is 4.06. The molecule has 1 N–H and O–H groups in total. The van der Waals surface area contributed by atoms with Gasteiger partial charge in [0.15, 0.2) is 11.4 Å². The Labute approximate surface area is 147 Å². The van der Waals surface area contributed by atoms with Crippen LogP contribution in [0.25, 0.3) is 11.2 Å². The van der Waals surface area contributed by atoms with E-state index in [9.17, 15) is 4.79 Å². The van der Waals surface area contributed by atoms with Crippen LogP contribution in [0.2, 0.25) is 0 Å². The maximum atomic E-state index is 12.5. The van der Waals surface area contributed by atoms with Gasteiger partial charge < -0.3 is 14.3 Å². The van der Waals surface area contributed by atoms with Crippen LogP contribution in [0.5, 0.6) is 0 Å². The first-order valence-corrected chi connectivity index (χ1v) is 8.64. The number of carbonyl (C=O) groups excluding carboxylic acids is 1. The van der Waals surface area contributed by atoms with E-state index in [-0.39, 0.29) is 18.0 Å². The predicted octanol–water partition coefficient (Wildman–Crippen LogP) is 4.12. The van der Waals surface area contributed by atoms with Crippen molar-refractivity contribution in [2.45, 2.75) is 46.2 Å². The van der Waals surface area contributed by atoms with Gasteiger partial charge in [-0.3, -0.25) is 4.79 Å². The molecule has 0 aromatic carbocycles. The normalized spacial score (nSPS) is 12.9. The molecule has 1 amide bonds. The number of furan rings is 1. The van der Waals surface area contributed by atoms with E-state index in [1.807, 2.05) is 12.1 Å². The van der Waals surface area contributed by atoms with Crippen molar-refractivity contribution >= 4 is 17.1 Å². The molecule has 0 aliphatic heterocycles. The van der Waals surface area contributed by atoms with Crippen LogP contribution in [-0.4, -0.2) is 20.4 Å². The lowest BCUT2D eigenvalue weighted by atomic mass is 10.0. The Balaban J connectivity index is 2.02. The van der Waals surface area contributed by atoms with Crippen LogP contribution in [-0.2, 0) is 0 Å². The molecule has 132 valence electrons. The molecule has 3 rings (SSSR count). The molecule has 1 atom stereocenters. The van der Waals surface area contributed by atoms with Gasteiger partial charge in [-0.15, -0.1) is 0 Å². The summed E-state index contributed by atoms with van der Waals surface area (Å²) in [5.74, 6) is 1.30. The molecular weight excluding hydrogens is 316 g/mol. The topological polar surface area (TPSA) is 73.0 Å². The standard InChI is InChI=1S/C19H24N4O2/c1-12(2)11-15(22-19(24)16-8-6-10-25-16)18-21-14-7-5-9-20-17(14)23(18)13(3)4/h5-10,12-13,15H,11H2,1-4H3,(H,22,24). The first-order valence-electron chi connectivity index (χ1n) is 8.64. The first-order chi connectivity index (χ1) is 12.0. The number of pyridine rings is 1.